The van der Waals surface area contributed by atoms with Crippen molar-refractivity contribution >= 4 is 8.32 Å². The summed E-state index contributed by atoms with van der Waals surface area (Å²) < 4.78 is 6.15. The van der Waals surface area contributed by atoms with Crippen LogP contribution in [0.5, 0.6) is 0 Å². The summed E-state index contributed by atoms with van der Waals surface area (Å²) in [6.45, 7) is 11.2. The maximum atomic E-state index is 6.15. The third-order valence-electron chi connectivity index (χ3n) is 2.88. The van der Waals surface area contributed by atoms with Gasteiger partial charge in [0.2, 0.25) is 0 Å². The first kappa shape index (κ1) is 24.0. The standard InChI is InChI=1S/C13H23OSi.2ClH.Ti/c1-6-13(12-9-7-8-10-12)15(4,5)14-11(2)3;;;/h7,9,11,13H,6,8H2,1-5H3;2*1H;/q-1;;;+3/p-2. The molecule has 0 amide bonds. The van der Waals surface area contributed by atoms with Gasteiger partial charge in [0.15, 0.2) is 8.32 Å². The SMILES string of the molecule is CCC(C1=[C-]CC=C1)[Si](C)(C)OC(C)C.[Cl-].[Cl-].[Ti+3]. The fourth-order valence-electron chi connectivity index (χ4n) is 2.44. The molecule has 1 radical (unpaired) electrons. The molecule has 5 heteroatoms. The minimum Gasteiger partial charge on any atom is -1.00 e. The van der Waals surface area contributed by atoms with Crippen LogP contribution in [-0.4, -0.2) is 14.4 Å². The predicted molar refractivity (Wildman–Crippen MR) is 68.3 cm³/mol. The summed E-state index contributed by atoms with van der Waals surface area (Å²) >= 11 is 0. The smallest absolute Gasteiger partial charge is 1.00 e. The molecule has 1 nitrogen and oxygen atoms in total. The summed E-state index contributed by atoms with van der Waals surface area (Å²) in [6, 6.07) is 0. The molecule has 1 unspecified atom stereocenters. The van der Waals surface area contributed by atoms with Gasteiger partial charge in [-0.3, -0.25) is 6.08 Å². The molecule has 1 rings (SSSR count). The fourth-order valence-corrected chi connectivity index (χ4v) is 5.75. The fraction of sp³-hybridized carbons (Fsp3) is 0.692. The van der Waals surface area contributed by atoms with Crippen molar-refractivity contribution in [1.29, 1.82) is 0 Å². The van der Waals surface area contributed by atoms with Crippen molar-refractivity contribution in [2.24, 2.45) is 0 Å². The topological polar surface area (TPSA) is 9.23 Å². The average Bonchev–Trinajstić information content (AvgIpc) is 2.54. The van der Waals surface area contributed by atoms with Gasteiger partial charge in [0.25, 0.3) is 0 Å². The zero-order valence-corrected chi connectivity index (χ0v) is 16.0. The third-order valence-corrected chi connectivity index (χ3v) is 6.36. The van der Waals surface area contributed by atoms with Crippen LogP contribution in [-0.2, 0) is 26.1 Å². The number of hydrogen-bond donors (Lipinski definition) is 0. The van der Waals surface area contributed by atoms with E-state index in [1.165, 1.54) is 12.0 Å². The maximum absolute atomic E-state index is 6.15. The van der Waals surface area contributed by atoms with E-state index in [-0.39, 0.29) is 46.5 Å². The first-order valence-electron chi connectivity index (χ1n) is 5.92. The second kappa shape index (κ2) is 10.7. The first-order valence-corrected chi connectivity index (χ1v) is 8.91. The summed E-state index contributed by atoms with van der Waals surface area (Å²) in [5.74, 6) is 0. The van der Waals surface area contributed by atoms with Crippen molar-refractivity contribution in [3.05, 3.63) is 23.8 Å². The van der Waals surface area contributed by atoms with Crippen LogP contribution in [0.3, 0.4) is 0 Å². The summed E-state index contributed by atoms with van der Waals surface area (Å²) in [6.07, 6.45) is 10.4. The number of allylic oxidation sites excluding steroid dienone is 4. The maximum Gasteiger partial charge on any atom is 3.00 e. The van der Waals surface area contributed by atoms with Crippen LogP contribution >= 0.6 is 0 Å². The molecule has 0 aliphatic heterocycles. The Morgan fingerprint density at radius 1 is 1.33 bits per heavy atom. The minimum atomic E-state index is -1.61. The number of rotatable bonds is 5. The molecule has 18 heavy (non-hydrogen) atoms. The van der Waals surface area contributed by atoms with E-state index in [0.717, 1.165) is 6.42 Å². The molecule has 0 saturated heterocycles. The largest absolute Gasteiger partial charge is 3.00 e. The molecule has 0 aromatic carbocycles. The summed E-state index contributed by atoms with van der Waals surface area (Å²) in [4.78, 5) is 0. The van der Waals surface area contributed by atoms with E-state index in [1.54, 1.807) is 0 Å². The van der Waals surface area contributed by atoms with Crippen molar-refractivity contribution in [1.82, 2.24) is 0 Å². The Morgan fingerprint density at radius 3 is 2.22 bits per heavy atom. The van der Waals surface area contributed by atoms with Crippen LogP contribution < -0.4 is 24.8 Å². The van der Waals surface area contributed by atoms with Gasteiger partial charge in [-0.15, -0.1) is 6.42 Å². The summed E-state index contributed by atoms with van der Waals surface area (Å²) in [5.41, 5.74) is 1.98. The van der Waals surface area contributed by atoms with Crippen LogP contribution in [0.2, 0.25) is 18.6 Å². The Hall–Kier alpha value is 0.951. The van der Waals surface area contributed by atoms with Gasteiger partial charge in [-0.1, -0.05) is 13.3 Å². The van der Waals surface area contributed by atoms with Crippen molar-refractivity contribution in [2.45, 2.75) is 58.4 Å². The van der Waals surface area contributed by atoms with Gasteiger partial charge in [0, 0.05) is 6.10 Å². The Bertz CT molecular complexity index is 278. The Morgan fingerprint density at radius 2 is 1.89 bits per heavy atom. The summed E-state index contributed by atoms with van der Waals surface area (Å²) in [7, 11) is -1.61. The molecule has 0 aromatic rings. The van der Waals surface area contributed by atoms with Gasteiger partial charge in [-0.05, 0) is 32.5 Å². The molecule has 1 atom stereocenters. The molecule has 0 spiro atoms. The van der Waals surface area contributed by atoms with E-state index in [0.29, 0.717) is 11.6 Å². The first-order chi connectivity index (χ1) is 6.97. The van der Waals surface area contributed by atoms with Gasteiger partial charge in [-0.25, -0.2) is 11.6 Å². The normalized spacial score (nSPS) is 15.3. The van der Waals surface area contributed by atoms with Crippen LogP contribution in [0.4, 0.5) is 0 Å². The van der Waals surface area contributed by atoms with Crippen molar-refractivity contribution < 1.29 is 51.0 Å². The van der Waals surface area contributed by atoms with E-state index in [2.05, 4.69) is 52.1 Å². The average molecular weight is 342 g/mol. The van der Waals surface area contributed by atoms with E-state index >= 15 is 0 Å². The molecule has 1 aliphatic carbocycles. The van der Waals surface area contributed by atoms with Crippen LogP contribution in [0.15, 0.2) is 17.7 Å². The predicted octanol–water partition coefficient (Wildman–Crippen LogP) is -1.91. The van der Waals surface area contributed by atoms with E-state index in [9.17, 15) is 0 Å². The van der Waals surface area contributed by atoms with Crippen molar-refractivity contribution in [2.75, 3.05) is 0 Å². The molecular weight excluding hydrogens is 319 g/mol. The molecule has 0 aromatic heterocycles. The molecule has 0 bridgehead atoms. The van der Waals surface area contributed by atoms with Gasteiger partial charge in [0.05, 0.1) is 0 Å². The van der Waals surface area contributed by atoms with Crippen LogP contribution in [0, 0.1) is 6.08 Å². The molecule has 0 saturated carbocycles. The van der Waals surface area contributed by atoms with E-state index in [1.807, 2.05) is 0 Å². The van der Waals surface area contributed by atoms with Gasteiger partial charge in [-0.2, -0.15) is 6.08 Å². The molecule has 1 aliphatic rings. The Labute approximate surface area is 141 Å². The Kier molecular flexibility index (Phi) is 14.3. The van der Waals surface area contributed by atoms with E-state index in [4.69, 9.17) is 4.43 Å². The van der Waals surface area contributed by atoms with Crippen LogP contribution in [0.25, 0.3) is 0 Å². The minimum absolute atomic E-state index is 0. The second-order valence-corrected chi connectivity index (χ2v) is 9.11. The molecule has 0 fully saturated rings. The van der Waals surface area contributed by atoms with Gasteiger partial charge >= 0.3 is 21.7 Å². The second-order valence-electron chi connectivity index (χ2n) is 4.97. The van der Waals surface area contributed by atoms with Crippen LogP contribution in [0.1, 0.15) is 33.6 Å². The van der Waals surface area contributed by atoms with Crippen molar-refractivity contribution in [3.63, 3.8) is 0 Å². The molecular formula is C13H23Cl2OSiTi. The third kappa shape index (κ3) is 6.93. The number of hydrogen-bond acceptors (Lipinski definition) is 1. The monoisotopic (exact) mass is 341 g/mol. The Balaban J connectivity index is -0.000000750. The number of halogens is 2. The molecule has 103 valence electrons. The van der Waals surface area contributed by atoms with Gasteiger partial charge < -0.3 is 29.2 Å². The molecule has 0 N–H and O–H groups in total. The van der Waals surface area contributed by atoms with Crippen molar-refractivity contribution in [3.8, 4) is 0 Å². The van der Waals surface area contributed by atoms with E-state index < -0.39 is 8.32 Å². The zero-order chi connectivity index (χ0) is 11.5. The van der Waals surface area contributed by atoms with Gasteiger partial charge in [0.1, 0.15) is 0 Å². The molecule has 0 heterocycles. The zero-order valence-electron chi connectivity index (χ0n) is 11.9. The summed E-state index contributed by atoms with van der Waals surface area (Å²) in [5, 5.41) is 0. The quantitative estimate of drug-likeness (QED) is 0.419.